The number of hydrogen-bond donors (Lipinski definition) is 0. The van der Waals surface area contributed by atoms with Gasteiger partial charge in [-0.15, -0.1) is 0 Å². The SMILES string of the molecule is c1cc(Oc2cccc(-c3ccc4ccccc4n3)c2)cc(C2=N[C@@H]3c4ccccc4C[C@@H]3O2)c1. The van der Waals surface area contributed by atoms with Crippen molar-refractivity contribution in [1.82, 2.24) is 4.98 Å². The van der Waals surface area contributed by atoms with Gasteiger partial charge in [0.25, 0.3) is 0 Å². The largest absolute Gasteiger partial charge is 0.471 e. The van der Waals surface area contributed by atoms with Crippen LogP contribution in [0.25, 0.3) is 22.2 Å². The van der Waals surface area contributed by atoms with Crippen LogP contribution in [0.1, 0.15) is 22.7 Å². The highest BCUT2D eigenvalue weighted by Gasteiger charge is 2.39. The summed E-state index contributed by atoms with van der Waals surface area (Å²) in [6, 6.07) is 36.8. The van der Waals surface area contributed by atoms with Crippen molar-refractivity contribution in [3.05, 3.63) is 126 Å². The molecule has 4 heteroatoms. The number of para-hydroxylation sites is 1. The van der Waals surface area contributed by atoms with Crippen LogP contribution in [0.15, 0.2) is 114 Å². The van der Waals surface area contributed by atoms with Gasteiger partial charge in [-0.1, -0.05) is 66.7 Å². The average molecular weight is 455 g/mol. The zero-order valence-electron chi connectivity index (χ0n) is 19.0. The number of hydrogen-bond acceptors (Lipinski definition) is 4. The Morgan fingerprint density at radius 3 is 2.40 bits per heavy atom. The molecule has 0 unspecified atom stereocenters. The molecule has 4 nitrogen and oxygen atoms in total. The number of ether oxygens (including phenoxy) is 2. The highest BCUT2D eigenvalue weighted by Crippen LogP contribution is 2.41. The quantitative estimate of drug-likeness (QED) is 0.290. The normalized spacial score (nSPS) is 18.0. The first-order valence-electron chi connectivity index (χ1n) is 11.9. The molecular formula is C31H22N2O2. The van der Waals surface area contributed by atoms with Crippen molar-refractivity contribution in [3.8, 4) is 22.8 Å². The van der Waals surface area contributed by atoms with E-state index in [1.165, 1.54) is 11.1 Å². The minimum atomic E-state index is 0.0805. The third-order valence-electron chi connectivity index (χ3n) is 6.71. The van der Waals surface area contributed by atoms with E-state index in [9.17, 15) is 0 Å². The minimum Gasteiger partial charge on any atom is -0.471 e. The van der Waals surface area contributed by atoms with Gasteiger partial charge in [-0.3, -0.25) is 0 Å². The Morgan fingerprint density at radius 2 is 1.49 bits per heavy atom. The van der Waals surface area contributed by atoms with E-state index in [1.807, 2.05) is 66.7 Å². The Kier molecular flexibility index (Phi) is 4.62. The lowest BCUT2D eigenvalue weighted by Crippen LogP contribution is -2.13. The molecule has 2 aliphatic rings. The molecule has 2 atom stereocenters. The van der Waals surface area contributed by atoms with Gasteiger partial charge < -0.3 is 9.47 Å². The standard InChI is InChI=1S/C31H22N2O2/c1-3-13-26-21(8-1)19-29-30(26)33-31(35-29)23-10-6-12-25(18-23)34-24-11-5-9-22(17-24)28-16-15-20-7-2-4-14-27(20)32-28/h1-18,29-30H,19H2/t29-,30+/m0/s1. The number of fused-ring (bicyclic) bond motifs is 4. The highest BCUT2D eigenvalue weighted by molar-refractivity contribution is 5.96. The number of pyridine rings is 1. The maximum absolute atomic E-state index is 6.26. The van der Waals surface area contributed by atoms with E-state index >= 15 is 0 Å². The second kappa shape index (κ2) is 8.10. The monoisotopic (exact) mass is 454 g/mol. The van der Waals surface area contributed by atoms with E-state index in [2.05, 4.69) is 42.5 Å². The molecule has 1 aromatic heterocycles. The summed E-state index contributed by atoms with van der Waals surface area (Å²) in [6.07, 6.45) is 0.984. The number of benzene rings is 4. The van der Waals surface area contributed by atoms with Crippen molar-refractivity contribution in [2.24, 2.45) is 4.99 Å². The van der Waals surface area contributed by atoms with Crippen LogP contribution in [-0.2, 0) is 11.2 Å². The summed E-state index contributed by atoms with van der Waals surface area (Å²) in [5.41, 5.74) is 6.46. The second-order valence-electron chi connectivity index (χ2n) is 8.99. The minimum absolute atomic E-state index is 0.0805. The zero-order valence-corrected chi connectivity index (χ0v) is 19.0. The molecule has 0 bridgehead atoms. The molecule has 0 radical (unpaired) electrons. The molecule has 0 N–H and O–H groups in total. The first kappa shape index (κ1) is 20.0. The van der Waals surface area contributed by atoms with Crippen molar-refractivity contribution < 1.29 is 9.47 Å². The van der Waals surface area contributed by atoms with Crippen molar-refractivity contribution in [2.45, 2.75) is 18.6 Å². The van der Waals surface area contributed by atoms with E-state index in [0.29, 0.717) is 5.90 Å². The summed E-state index contributed by atoms with van der Waals surface area (Å²) in [5.74, 6) is 2.19. The molecule has 0 saturated heterocycles. The van der Waals surface area contributed by atoms with Gasteiger partial charge in [0, 0.05) is 22.9 Å². The Morgan fingerprint density at radius 1 is 0.714 bits per heavy atom. The lowest BCUT2D eigenvalue weighted by atomic mass is 10.1. The number of aromatic nitrogens is 1. The zero-order chi connectivity index (χ0) is 23.2. The fourth-order valence-corrected chi connectivity index (χ4v) is 5.01. The van der Waals surface area contributed by atoms with Crippen LogP contribution in [-0.4, -0.2) is 17.0 Å². The maximum atomic E-state index is 6.26. The van der Waals surface area contributed by atoms with Gasteiger partial charge in [0.15, 0.2) is 0 Å². The van der Waals surface area contributed by atoms with Crippen molar-refractivity contribution in [2.75, 3.05) is 0 Å². The Bertz CT molecular complexity index is 1610. The summed E-state index contributed by atoms with van der Waals surface area (Å²) in [6.45, 7) is 0. The molecule has 1 aliphatic heterocycles. The van der Waals surface area contributed by atoms with E-state index in [1.54, 1.807) is 0 Å². The van der Waals surface area contributed by atoms with E-state index < -0.39 is 0 Å². The van der Waals surface area contributed by atoms with Crippen LogP contribution >= 0.6 is 0 Å². The van der Waals surface area contributed by atoms with Gasteiger partial charge in [-0.05, 0) is 53.6 Å². The first-order valence-corrected chi connectivity index (χ1v) is 11.9. The van der Waals surface area contributed by atoms with Crippen LogP contribution in [0.4, 0.5) is 0 Å². The van der Waals surface area contributed by atoms with Crippen LogP contribution in [0, 0.1) is 0 Å². The fraction of sp³-hybridized carbons (Fsp3) is 0.0968. The third-order valence-corrected chi connectivity index (χ3v) is 6.71. The summed E-state index contributed by atoms with van der Waals surface area (Å²) < 4.78 is 12.5. The summed E-state index contributed by atoms with van der Waals surface area (Å²) in [5, 5.41) is 1.13. The first-order chi connectivity index (χ1) is 17.3. The van der Waals surface area contributed by atoms with Gasteiger partial charge in [0.2, 0.25) is 5.90 Å². The second-order valence-corrected chi connectivity index (χ2v) is 8.99. The molecule has 7 rings (SSSR count). The van der Waals surface area contributed by atoms with Gasteiger partial charge in [0.05, 0.1) is 11.2 Å². The smallest absolute Gasteiger partial charge is 0.217 e. The van der Waals surface area contributed by atoms with Crippen molar-refractivity contribution in [3.63, 3.8) is 0 Å². The molecule has 1 aliphatic carbocycles. The molecular weight excluding hydrogens is 432 g/mol. The summed E-state index contributed by atoms with van der Waals surface area (Å²) >= 11 is 0. The highest BCUT2D eigenvalue weighted by atomic mass is 16.5. The summed E-state index contributed by atoms with van der Waals surface area (Å²) in [4.78, 5) is 9.74. The van der Waals surface area contributed by atoms with Gasteiger partial charge in [-0.25, -0.2) is 9.98 Å². The molecule has 35 heavy (non-hydrogen) atoms. The lowest BCUT2D eigenvalue weighted by Gasteiger charge is -2.11. The van der Waals surface area contributed by atoms with Crippen LogP contribution in [0.5, 0.6) is 11.5 Å². The van der Waals surface area contributed by atoms with Crippen LogP contribution in [0.3, 0.4) is 0 Å². The lowest BCUT2D eigenvalue weighted by molar-refractivity contribution is 0.206. The fourth-order valence-electron chi connectivity index (χ4n) is 5.01. The van der Waals surface area contributed by atoms with Gasteiger partial charge in [0.1, 0.15) is 23.6 Å². The maximum Gasteiger partial charge on any atom is 0.217 e. The van der Waals surface area contributed by atoms with Crippen LogP contribution < -0.4 is 4.74 Å². The average Bonchev–Trinajstić information content (AvgIpc) is 3.47. The molecule has 0 fully saturated rings. The Labute approximate surface area is 203 Å². The predicted molar refractivity (Wildman–Crippen MR) is 138 cm³/mol. The molecule has 0 spiro atoms. The Balaban J connectivity index is 1.14. The molecule has 5 aromatic rings. The Hall–Kier alpha value is -4.44. The topological polar surface area (TPSA) is 43.7 Å². The predicted octanol–water partition coefficient (Wildman–Crippen LogP) is 7.14. The molecule has 0 amide bonds. The molecule has 2 heterocycles. The number of nitrogens with zero attached hydrogens (tertiary/aromatic N) is 2. The van der Waals surface area contributed by atoms with Crippen molar-refractivity contribution >= 4 is 16.8 Å². The molecule has 0 saturated carbocycles. The van der Waals surface area contributed by atoms with E-state index in [-0.39, 0.29) is 12.1 Å². The molecule has 168 valence electrons. The number of rotatable bonds is 4. The van der Waals surface area contributed by atoms with Gasteiger partial charge in [-0.2, -0.15) is 0 Å². The number of aliphatic imine (C=N–C) groups is 1. The van der Waals surface area contributed by atoms with E-state index in [0.717, 1.165) is 45.6 Å². The third kappa shape index (κ3) is 3.64. The van der Waals surface area contributed by atoms with E-state index in [4.69, 9.17) is 19.5 Å². The van der Waals surface area contributed by atoms with Crippen LogP contribution in [0.2, 0.25) is 0 Å². The van der Waals surface area contributed by atoms with Crippen molar-refractivity contribution in [1.29, 1.82) is 0 Å². The molecule has 4 aromatic carbocycles. The summed E-state index contributed by atoms with van der Waals surface area (Å²) in [7, 11) is 0. The van der Waals surface area contributed by atoms with Gasteiger partial charge >= 0.3 is 0 Å².